The summed E-state index contributed by atoms with van der Waals surface area (Å²) in [7, 11) is 0. The Morgan fingerprint density at radius 2 is 2.22 bits per heavy atom. The molecule has 2 rings (SSSR count). The Bertz CT molecular complexity index is 549. The van der Waals surface area contributed by atoms with Crippen LogP contribution in [0, 0.1) is 0 Å². The van der Waals surface area contributed by atoms with E-state index in [4.69, 9.17) is 5.73 Å². The Morgan fingerprint density at radius 3 is 3.00 bits per heavy atom. The second-order valence-corrected chi connectivity index (χ2v) is 4.70. The maximum absolute atomic E-state index is 12.0. The molecule has 3 nitrogen and oxygen atoms in total. The van der Waals surface area contributed by atoms with E-state index in [0.717, 1.165) is 29.3 Å². The van der Waals surface area contributed by atoms with E-state index in [1.54, 1.807) is 6.20 Å². The minimum atomic E-state index is 0.165. The van der Waals surface area contributed by atoms with E-state index in [0.29, 0.717) is 6.42 Å². The van der Waals surface area contributed by atoms with Crippen molar-refractivity contribution in [2.75, 3.05) is 0 Å². The third-order valence-corrected chi connectivity index (χ3v) is 2.99. The number of nitrogens with two attached hydrogens (primary N) is 1. The fourth-order valence-corrected chi connectivity index (χ4v) is 1.98. The smallest absolute Gasteiger partial charge is 0.162 e. The van der Waals surface area contributed by atoms with Gasteiger partial charge in [-0.15, -0.1) is 0 Å². The van der Waals surface area contributed by atoms with Gasteiger partial charge in [0, 0.05) is 29.6 Å². The highest BCUT2D eigenvalue weighted by molar-refractivity contribution is 5.99. The van der Waals surface area contributed by atoms with E-state index in [9.17, 15) is 4.79 Å². The lowest BCUT2D eigenvalue weighted by Gasteiger charge is -2.05. The van der Waals surface area contributed by atoms with Crippen LogP contribution in [0.1, 0.15) is 36.5 Å². The molecule has 1 unspecified atom stereocenters. The normalized spacial score (nSPS) is 12.6. The Morgan fingerprint density at radius 1 is 1.39 bits per heavy atom. The molecule has 1 atom stereocenters. The van der Waals surface area contributed by atoms with Gasteiger partial charge in [0.15, 0.2) is 5.78 Å². The molecule has 0 bridgehead atoms. The molecule has 2 N–H and O–H groups in total. The van der Waals surface area contributed by atoms with Crippen LogP contribution >= 0.6 is 0 Å². The zero-order valence-corrected chi connectivity index (χ0v) is 10.6. The van der Waals surface area contributed by atoms with Crippen LogP contribution in [0.4, 0.5) is 0 Å². The van der Waals surface area contributed by atoms with Gasteiger partial charge in [0.05, 0.1) is 5.52 Å². The number of nitrogens with zero attached hydrogens (tertiary/aromatic N) is 1. The number of pyridine rings is 1. The van der Waals surface area contributed by atoms with Crippen LogP contribution in [0.3, 0.4) is 0 Å². The highest BCUT2D eigenvalue weighted by atomic mass is 16.1. The second kappa shape index (κ2) is 5.74. The third kappa shape index (κ3) is 3.14. The second-order valence-electron chi connectivity index (χ2n) is 4.70. The quantitative estimate of drug-likeness (QED) is 0.820. The van der Waals surface area contributed by atoms with Crippen molar-refractivity contribution in [3.05, 3.63) is 42.1 Å². The van der Waals surface area contributed by atoms with Gasteiger partial charge in [-0.25, -0.2) is 0 Å². The van der Waals surface area contributed by atoms with E-state index >= 15 is 0 Å². The van der Waals surface area contributed by atoms with E-state index < -0.39 is 0 Å². The number of Topliss-reactive ketones (excluding diaryl/α,β-unsaturated/α-hetero) is 1. The van der Waals surface area contributed by atoms with Crippen molar-refractivity contribution in [2.45, 2.75) is 32.2 Å². The number of fused-ring (bicyclic) bond motifs is 1. The Labute approximate surface area is 107 Å². The van der Waals surface area contributed by atoms with E-state index in [1.807, 2.05) is 37.3 Å². The maximum Gasteiger partial charge on any atom is 0.162 e. The van der Waals surface area contributed by atoms with Crippen LogP contribution < -0.4 is 5.73 Å². The summed E-state index contributed by atoms with van der Waals surface area (Å²) in [5.74, 6) is 0.182. The van der Waals surface area contributed by atoms with Gasteiger partial charge < -0.3 is 5.73 Å². The maximum atomic E-state index is 12.0. The molecule has 1 heterocycles. The molecule has 2 aromatic rings. The molecular weight excluding hydrogens is 224 g/mol. The monoisotopic (exact) mass is 242 g/mol. The van der Waals surface area contributed by atoms with Crippen LogP contribution in [0.2, 0.25) is 0 Å². The van der Waals surface area contributed by atoms with Gasteiger partial charge in [-0.2, -0.15) is 0 Å². The average molecular weight is 242 g/mol. The summed E-state index contributed by atoms with van der Waals surface area (Å²) in [5, 5.41) is 1.01. The van der Waals surface area contributed by atoms with Gasteiger partial charge in [-0.1, -0.05) is 6.07 Å². The molecule has 0 aliphatic carbocycles. The highest BCUT2D eigenvalue weighted by Gasteiger charge is 2.07. The Balaban J connectivity index is 2.08. The minimum Gasteiger partial charge on any atom is -0.328 e. The Hall–Kier alpha value is -1.74. The summed E-state index contributed by atoms with van der Waals surface area (Å²) in [6.07, 6.45) is 4.06. The molecule has 0 saturated heterocycles. The highest BCUT2D eigenvalue weighted by Crippen LogP contribution is 2.15. The molecule has 1 aromatic heterocycles. The number of aromatic nitrogens is 1. The number of carbonyl (C=O) groups is 1. The van der Waals surface area contributed by atoms with Crippen molar-refractivity contribution < 1.29 is 4.79 Å². The molecule has 0 fully saturated rings. The number of carbonyl (C=O) groups excluding carboxylic acids is 1. The largest absolute Gasteiger partial charge is 0.328 e. The molecule has 0 aliphatic heterocycles. The predicted octanol–water partition coefficient (Wildman–Crippen LogP) is 2.94. The number of rotatable bonds is 5. The standard InChI is InChI=1S/C15H18N2O/c1-11(16)4-2-6-15(18)13-7-8-14-12(10-13)5-3-9-17-14/h3,5,7-11H,2,4,6,16H2,1H3. The minimum absolute atomic E-state index is 0.165. The molecule has 94 valence electrons. The lowest BCUT2D eigenvalue weighted by Crippen LogP contribution is -2.14. The molecule has 1 aromatic carbocycles. The number of hydrogen-bond acceptors (Lipinski definition) is 3. The Kier molecular flexibility index (Phi) is 4.05. The van der Waals surface area contributed by atoms with E-state index in [2.05, 4.69) is 4.98 Å². The molecule has 0 radical (unpaired) electrons. The summed E-state index contributed by atoms with van der Waals surface area (Å²) < 4.78 is 0. The lowest BCUT2D eigenvalue weighted by atomic mass is 10.0. The van der Waals surface area contributed by atoms with Crippen LogP contribution in [-0.4, -0.2) is 16.8 Å². The van der Waals surface area contributed by atoms with Crippen LogP contribution in [-0.2, 0) is 0 Å². The fourth-order valence-electron chi connectivity index (χ4n) is 1.98. The van der Waals surface area contributed by atoms with Crippen molar-refractivity contribution in [1.29, 1.82) is 0 Å². The zero-order valence-electron chi connectivity index (χ0n) is 10.6. The van der Waals surface area contributed by atoms with Crippen molar-refractivity contribution >= 4 is 16.7 Å². The topological polar surface area (TPSA) is 56.0 Å². The molecular formula is C15H18N2O. The van der Waals surface area contributed by atoms with Crippen LogP contribution in [0.15, 0.2) is 36.5 Å². The first kappa shape index (κ1) is 12.7. The summed E-state index contributed by atoms with van der Waals surface area (Å²) in [6, 6.07) is 9.68. The molecule has 18 heavy (non-hydrogen) atoms. The van der Waals surface area contributed by atoms with Gasteiger partial charge in [-0.05, 0) is 44.0 Å². The molecule has 0 spiro atoms. The third-order valence-electron chi connectivity index (χ3n) is 2.99. The van der Waals surface area contributed by atoms with Gasteiger partial charge in [-0.3, -0.25) is 9.78 Å². The van der Waals surface area contributed by atoms with Crippen molar-refractivity contribution in [3.63, 3.8) is 0 Å². The molecule has 0 aliphatic rings. The van der Waals surface area contributed by atoms with Crippen molar-refractivity contribution in [3.8, 4) is 0 Å². The first-order valence-corrected chi connectivity index (χ1v) is 6.30. The van der Waals surface area contributed by atoms with Crippen molar-refractivity contribution in [2.24, 2.45) is 5.73 Å². The fraction of sp³-hybridized carbons (Fsp3) is 0.333. The predicted molar refractivity (Wildman–Crippen MR) is 73.6 cm³/mol. The first-order chi connectivity index (χ1) is 8.66. The summed E-state index contributed by atoms with van der Waals surface area (Å²) in [5.41, 5.74) is 7.36. The molecule has 0 saturated carbocycles. The van der Waals surface area contributed by atoms with Gasteiger partial charge >= 0.3 is 0 Å². The lowest BCUT2D eigenvalue weighted by molar-refractivity contribution is 0.0979. The summed E-state index contributed by atoms with van der Waals surface area (Å²) in [4.78, 5) is 16.2. The van der Waals surface area contributed by atoms with E-state index in [-0.39, 0.29) is 11.8 Å². The van der Waals surface area contributed by atoms with E-state index in [1.165, 1.54) is 0 Å². The van der Waals surface area contributed by atoms with Crippen LogP contribution in [0.5, 0.6) is 0 Å². The number of ketones is 1. The van der Waals surface area contributed by atoms with Crippen LogP contribution in [0.25, 0.3) is 10.9 Å². The zero-order chi connectivity index (χ0) is 13.0. The molecule has 3 heteroatoms. The van der Waals surface area contributed by atoms with Crippen molar-refractivity contribution in [1.82, 2.24) is 4.98 Å². The average Bonchev–Trinajstić information content (AvgIpc) is 2.37. The molecule has 0 amide bonds. The van der Waals surface area contributed by atoms with Gasteiger partial charge in [0.1, 0.15) is 0 Å². The number of benzene rings is 1. The summed E-state index contributed by atoms with van der Waals surface area (Å²) >= 11 is 0. The van der Waals surface area contributed by atoms with Gasteiger partial charge in [0.2, 0.25) is 0 Å². The van der Waals surface area contributed by atoms with Gasteiger partial charge in [0.25, 0.3) is 0 Å². The first-order valence-electron chi connectivity index (χ1n) is 6.30. The summed E-state index contributed by atoms with van der Waals surface area (Å²) in [6.45, 7) is 1.96. The SMILES string of the molecule is CC(N)CCCC(=O)c1ccc2ncccc2c1. The number of hydrogen-bond donors (Lipinski definition) is 1.